The Morgan fingerprint density at radius 1 is 1.05 bits per heavy atom. The molecule has 0 radical (unpaired) electrons. The van der Waals surface area contributed by atoms with Gasteiger partial charge in [-0.15, -0.1) is 0 Å². The highest BCUT2D eigenvalue weighted by molar-refractivity contribution is 5.56. The molecule has 1 saturated heterocycles. The van der Waals surface area contributed by atoms with E-state index in [0.29, 0.717) is 5.41 Å². The van der Waals surface area contributed by atoms with Gasteiger partial charge in [-0.05, 0) is 54.7 Å². The van der Waals surface area contributed by atoms with Crippen LogP contribution in [0.25, 0.3) is 6.08 Å². The number of nitrogens with zero attached hydrogens (tertiary/aromatic N) is 2. The lowest BCUT2D eigenvalue weighted by Crippen LogP contribution is -2.33. The minimum absolute atomic E-state index is 0.368. The summed E-state index contributed by atoms with van der Waals surface area (Å²) in [4.78, 5) is 2.63. The van der Waals surface area contributed by atoms with E-state index in [1.165, 1.54) is 56.3 Å². The van der Waals surface area contributed by atoms with E-state index in [2.05, 4.69) is 67.0 Å². The standard InChI is InChI=1S/C20H29N2/c1-20(2)15-18(13-17-7-11-21(3)12-8-17)14-19(16-20)22-9-5-4-6-10-22/h7-8,11-14H,4-6,9-10,15-16H2,1-3H3/q+1. The summed E-state index contributed by atoms with van der Waals surface area (Å²) in [5.41, 5.74) is 4.71. The van der Waals surface area contributed by atoms with Gasteiger partial charge in [-0.1, -0.05) is 19.9 Å². The van der Waals surface area contributed by atoms with Crippen LogP contribution < -0.4 is 4.57 Å². The molecule has 0 spiro atoms. The fourth-order valence-electron chi connectivity index (χ4n) is 3.72. The van der Waals surface area contributed by atoms with Crippen molar-refractivity contribution in [3.05, 3.63) is 47.4 Å². The normalized spacial score (nSPS) is 23.5. The van der Waals surface area contributed by atoms with Crippen LogP contribution in [0.4, 0.5) is 0 Å². The molecule has 0 saturated carbocycles. The van der Waals surface area contributed by atoms with E-state index in [4.69, 9.17) is 0 Å². The van der Waals surface area contributed by atoms with Crippen LogP contribution in [0.15, 0.2) is 41.9 Å². The summed E-state index contributed by atoms with van der Waals surface area (Å²) >= 11 is 0. The minimum Gasteiger partial charge on any atom is -0.375 e. The van der Waals surface area contributed by atoms with Gasteiger partial charge in [0.05, 0.1) is 0 Å². The first-order valence-electron chi connectivity index (χ1n) is 8.63. The first kappa shape index (κ1) is 15.3. The number of rotatable bonds is 2. The molecule has 1 fully saturated rings. The van der Waals surface area contributed by atoms with Gasteiger partial charge in [0.1, 0.15) is 7.05 Å². The van der Waals surface area contributed by atoms with Crippen LogP contribution in [0.1, 0.15) is 51.5 Å². The fourth-order valence-corrected chi connectivity index (χ4v) is 3.72. The van der Waals surface area contributed by atoms with Crippen molar-refractivity contribution in [1.29, 1.82) is 0 Å². The van der Waals surface area contributed by atoms with Gasteiger partial charge in [0.15, 0.2) is 12.4 Å². The van der Waals surface area contributed by atoms with E-state index in [-0.39, 0.29) is 0 Å². The topological polar surface area (TPSA) is 7.12 Å². The first-order chi connectivity index (χ1) is 10.5. The van der Waals surface area contributed by atoms with Crippen molar-refractivity contribution in [3.63, 3.8) is 0 Å². The highest BCUT2D eigenvalue weighted by Gasteiger charge is 2.28. The SMILES string of the molecule is C[n+]1ccc(/C=C2/C=C(N3CCCCC3)CC(C)(C)C2)cc1. The zero-order valence-electron chi connectivity index (χ0n) is 14.3. The smallest absolute Gasteiger partial charge is 0.169 e. The molecule has 0 N–H and O–H groups in total. The van der Waals surface area contributed by atoms with Gasteiger partial charge in [-0.25, -0.2) is 4.57 Å². The van der Waals surface area contributed by atoms with E-state index in [9.17, 15) is 0 Å². The van der Waals surface area contributed by atoms with Gasteiger partial charge in [0, 0.05) is 30.9 Å². The highest BCUT2D eigenvalue weighted by Crippen LogP contribution is 2.40. The van der Waals surface area contributed by atoms with Crippen LogP contribution in [-0.4, -0.2) is 18.0 Å². The molecular weight excluding hydrogens is 268 g/mol. The van der Waals surface area contributed by atoms with Crippen molar-refractivity contribution >= 4 is 6.08 Å². The molecule has 22 heavy (non-hydrogen) atoms. The maximum Gasteiger partial charge on any atom is 0.169 e. The van der Waals surface area contributed by atoms with Gasteiger partial charge in [0.2, 0.25) is 0 Å². The van der Waals surface area contributed by atoms with Gasteiger partial charge < -0.3 is 4.90 Å². The van der Waals surface area contributed by atoms with Gasteiger partial charge in [0.25, 0.3) is 0 Å². The molecular formula is C20H29N2+. The molecule has 1 aromatic heterocycles. The first-order valence-corrected chi connectivity index (χ1v) is 8.63. The third-order valence-electron chi connectivity index (χ3n) is 4.81. The van der Waals surface area contributed by atoms with Crippen molar-refractivity contribution in [3.8, 4) is 0 Å². The summed E-state index contributed by atoms with van der Waals surface area (Å²) in [6.07, 6.45) is 15.6. The lowest BCUT2D eigenvalue weighted by molar-refractivity contribution is -0.671. The molecule has 1 aliphatic heterocycles. The molecule has 0 unspecified atom stereocenters. The number of piperidine rings is 1. The monoisotopic (exact) mass is 297 g/mol. The van der Waals surface area contributed by atoms with Crippen LogP contribution in [-0.2, 0) is 7.05 Å². The second kappa shape index (κ2) is 6.28. The summed E-state index contributed by atoms with van der Waals surface area (Å²) in [5.74, 6) is 0. The number of aromatic nitrogens is 1. The zero-order chi connectivity index (χ0) is 15.6. The number of pyridine rings is 1. The van der Waals surface area contributed by atoms with E-state index in [1.807, 2.05) is 0 Å². The largest absolute Gasteiger partial charge is 0.375 e. The average Bonchev–Trinajstić information content (AvgIpc) is 2.49. The number of likely N-dealkylation sites (tertiary alicyclic amines) is 1. The Morgan fingerprint density at radius 3 is 2.41 bits per heavy atom. The minimum atomic E-state index is 0.368. The Kier molecular flexibility index (Phi) is 4.37. The highest BCUT2D eigenvalue weighted by atomic mass is 15.1. The summed E-state index contributed by atoms with van der Waals surface area (Å²) in [7, 11) is 2.06. The maximum absolute atomic E-state index is 2.63. The zero-order valence-corrected chi connectivity index (χ0v) is 14.3. The lowest BCUT2D eigenvalue weighted by Gasteiger charge is -2.39. The average molecular weight is 297 g/mol. The van der Waals surface area contributed by atoms with Crippen molar-refractivity contribution in [2.75, 3.05) is 13.1 Å². The Balaban J connectivity index is 1.86. The summed E-state index contributed by atoms with van der Waals surface area (Å²) in [6, 6.07) is 4.39. The van der Waals surface area contributed by atoms with E-state index in [0.717, 1.165) is 0 Å². The van der Waals surface area contributed by atoms with Crippen molar-refractivity contribution < 1.29 is 4.57 Å². The molecule has 1 aliphatic carbocycles. The second-order valence-corrected chi connectivity index (χ2v) is 7.72. The maximum atomic E-state index is 2.63. The Labute approximate surface area is 135 Å². The van der Waals surface area contributed by atoms with Crippen molar-refractivity contribution in [2.24, 2.45) is 12.5 Å². The molecule has 0 atom stereocenters. The molecule has 0 amide bonds. The van der Waals surface area contributed by atoms with Crippen molar-refractivity contribution in [2.45, 2.75) is 46.0 Å². The molecule has 2 nitrogen and oxygen atoms in total. The van der Waals surface area contributed by atoms with Crippen molar-refractivity contribution in [1.82, 2.24) is 4.90 Å². The van der Waals surface area contributed by atoms with E-state index in [1.54, 1.807) is 5.70 Å². The number of aryl methyl sites for hydroxylation is 1. The Hall–Kier alpha value is -1.57. The summed E-state index contributed by atoms with van der Waals surface area (Å²) < 4.78 is 2.09. The summed E-state index contributed by atoms with van der Waals surface area (Å²) in [5, 5.41) is 0. The Morgan fingerprint density at radius 2 is 1.73 bits per heavy atom. The van der Waals surface area contributed by atoms with E-state index < -0.39 is 0 Å². The number of hydrogen-bond donors (Lipinski definition) is 0. The van der Waals surface area contributed by atoms with E-state index >= 15 is 0 Å². The van der Waals surface area contributed by atoms with Crippen LogP contribution in [0.3, 0.4) is 0 Å². The molecule has 118 valence electrons. The molecule has 0 bridgehead atoms. The lowest BCUT2D eigenvalue weighted by atomic mass is 9.76. The molecule has 0 aromatic carbocycles. The fraction of sp³-hybridized carbons (Fsp3) is 0.550. The molecule has 2 heteroatoms. The third-order valence-corrected chi connectivity index (χ3v) is 4.81. The molecule has 2 aliphatic rings. The van der Waals surface area contributed by atoms with Crippen LogP contribution >= 0.6 is 0 Å². The van der Waals surface area contributed by atoms with Gasteiger partial charge >= 0.3 is 0 Å². The Bertz CT molecular complexity index is 572. The van der Waals surface area contributed by atoms with Crippen LogP contribution in [0, 0.1) is 5.41 Å². The number of allylic oxidation sites excluding steroid dienone is 3. The molecule has 1 aromatic rings. The predicted octanol–water partition coefficient (Wildman–Crippen LogP) is 4.08. The van der Waals surface area contributed by atoms with Gasteiger partial charge in [-0.3, -0.25) is 0 Å². The van der Waals surface area contributed by atoms with Crippen LogP contribution in [0.2, 0.25) is 0 Å². The van der Waals surface area contributed by atoms with Gasteiger partial charge in [-0.2, -0.15) is 0 Å². The predicted molar refractivity (Wildman–Crippen MR) is 92.1 cm³/mol. The quantitative estimate of drug-likeness (QED) is 0.746. The van der Waals surface area contributed by atoms with Crippen LogP contribution in [0.5, 0.6) is 0 Å². The third kappa shape index (κ3) is 3.79. The number of hydrogen-bond acceptors (Lipinski definition) is 1. The molecule has 3 rings (SSSR count). The molecule has 2 heterocycles. The summed E-state index contributed by atoms with van der Waals surface area (Å²) in [6.45, 7) is 7.30. The second-order valence-electron chi connectivity index (χ2n) is 7.72.